The Morgan fingerprint density at radius 3 is 2.53 bits per heavy atom. The number of aryl methyl sites for hydroxylation is 1. The first kappa shape index (κ1) is 15.4. The number of urea groups is 1. The summed E-state index contributed by atoms with van der Waals surface area (Å²) in [6.07, 6.45) is -1.59. The van der Waals surface area contributed by atoms with Gasteiger partial charge in [0.2, 0.25) is 0 Å². The third kappa shape index (κ3) is 4.82. The van der Waals surface area contributed by atoms with Crippen LogP contribution in [0.4, 0.5) is 19.3 Å². The predicted molar refractivity (Wildman–Crippen MR) is 67.3 cm³/mol. The zero-order valence-electron chi connectivity index (χ0n) is 10.4. The number of halogens is 2. The third-order valence-electron chi connectivity index (χ3n) is 2.26. The van der Waals surface area contributed by atoms with Gasteiger partial charge in [0.15, 0.2) is 9.84 Å². The monoisotopic (exact) mass is 292 g/mol. The lowest BCUT2D eigenvalue weighted by molar-refractivity contribution is 0.148. The van der Waals surface area contributed by atoms with E-state index in [9.17, 15) is 22.0 Å². The van der Waals surface area contributed by atoms with Crippen molar-refractivity contribution in [1.29, 1.82) is 0 Å². The minimum absolute atomic E-state index is 0.0826. The van der Waals surface area contributed by atoms with E-state index < -0.39 is 28.8 Å². The van der Waals surface area contributed by atoms with Crippen LogP contribution in [0.3, 0.4) is 0 Å². The molecule has 8 heteroatoms. The summed E-state index contributed by atoms with van der Waals surface area (Å²) in [7, 11) is -3.41. The van der Waals surface area contributed by atoms with Gasteiger partial charge in [0.25, 0.3) is 6.43 Å². The lowest BCUT2D eigenvalue weighted by Crippen LogP contribution is -2.32. The largest absolute Gasteiger partial charge is 0.332 e. The molecule has 0 bridgehead atoms. The van der Waals surface area contributed by atoms with Crippen LogP contribution in [0.5, 0.6) is 0 Å². The van der Waals surface area contributed by atoms with Crippen molar-refractivity contribution in [3.8, 4) is 0 Å². The van der Waals surface area contributed by atoms with Gasteiger partial charge >= 0.3 is 6.03 Å². The zero-order chi connectivity index (χ0) is 14.6. The van der Waals surface area contributed by atoms with E-state index in [1.54, 1.807) is 6.92 Å². The fourth-order valence-electron chi connectivity index (χ4n) is 1.42. The Balaban J connectivity index is 2.84. The van der Waals surface area contributed by atoms with E-state index in [1.165, 1.54) is 18.2 Å². The molecule has 1 aromatic rings. The first-order valence-electron chi connectivity index (χ1n) is 5.34. The molecule has 19 heavy (non-hydrogen) atoms. The van der Waals surface area contributed by atoms with E-state index >= 15 is 0 Å². The highest BCUT2D eigenvalue weighted by atomic mass is 32.2. The molecule has 0 aromatic heterocycles. The highest BCUT2D eigenvalue weighted by molar-refractivity contribution is 7.90. The average molecular weight is 292 g/mol. The van der Waals surface area contributed by atoms with Crippen molar-refractivity contribution in [1.82, 2.24) is 5.32 Å². The summed E-state index contributed by atoms with van der Waals surface area (Å²) in [5, 5.41) is 4.24. The fraction of sp³-hybridized carbons (Fsp3) is 0.364. The molecule has 0 aliphatic carbocycles. The number of nitrogens with one attached hydrogen (secondary N) is 2. The molecule has 2 N–H and O–H groups in total. The van der Waals surface area contributed by atoms with Crippen LogP contribution in [0.2, 0.25) is 0 Å². The van der Waals surface area contributed by atoms with Crippen LogP contribution in [-0.2, 0) is 9.84 Å². The summed E-state index contributed by atoms with van der Waals surface area (Å²) >= 11 is 0. The van der Waals surface area contributed by atoms with E-state index in [2.05, 4.69) is 5.32 Å². The van der Waals surface area contributed by atoms with Gasteiger partial charge in [0, 0.05) is 11.9 Å². The van der Waals surface area contributed by atoms with Gasteiger partial charge in [0.1, 0.15) is 0 Å². The standard InChI is InChI=1S/C11H14F2N2O3S/c1-7-3-4-8(5-9(7)19(2,17)18)15-11(16)14-6-10(12)13/h3-5,10H,6H2,1-2H3,(H2,14,15,16). The second-order valence-electron chi connectivity index (χ2n) is 3.98. The molecule has 0 fully saturated rings. The lowest BCUT2D eigenvalue weighted by atomic mass is 10.2. The van der Waals surface area contributed by atoms with Gasteiger partial charge in [-0.3, -0.25) is 0 Å². The van der Waals surface area contributed by atoms with E-state index in [0.717, 1.165) is 6.26 Å². The van der Waals surface area contributed by atoms with Crippen molar-refractivity contribution in [3.05, 3.63) is 23.8 Å². The number of hydrogen-bond acceptors (Lipinski definition) is 3. The number of carbonyl (C=O) groups excluding carboxylic acids is 1. The fourth-order valence-corrected chi connectivity index (χ4v) is 2.42. The van der Waals surface area contributed by atoms with Crippen LogP contribution >= 0.6 is 0 Å². The summed E-state index contributed by atoms with van der Waals surface area (Å²) in [6.45, 7) is 0.855. The second-order valence-corrected chi connectivity index (χ2v) is 5.96. The van der Waals surface area contributed by atoms with Gasteiger partial charge in [0.05, 0.1) is 11.4 Å². The molecule has 1 aromatic carbocycles. The van der Waals surface area contributed by atoms with Crippen LogP contribution < -0.4 is 10.6 Å². The number of carbonyl (C=O) groups is 1. The predicted octanol–water partition coefficient (Wildman–Crippen LogP) is 1.79. The Morgan fingerprint density at radius 2 is 2.00 bits per heavy atom. The quantitative estimate of drug-likeness (QED) is 0.888. The Morgan fingerprint density at radius 1 is 1.37 bits per heavy atom. The summed E-state index contributed by atoms with van der Waals surface area (Å²) in [5.41, 5.74) is 0.763. The molecule has 0 radical (unpaired) electrons. The van der Waals surface area contributed by atoms with E-state index in [0.29, 0.717) is 5.56 Å². The topological polar surface area (TPSA) is 75.3 Å². The number of rotatable bonds is 4. The summed E-state index contributed by atoms with van der Waals surface area (Å²) in [6, 6.07) is 3.49. The van der Waals surface area contributed by atoms with Crippen LogP contribution in [0.15, 0.2) is 23.1 Å². The smallest absolute Gasteiger partial charge is 0.319 e. The summed E-state index contributed by atoms with van der Waals surface area (Å²) in [5.74, 6) is 0. The molecule has 0 aliphatic heterocycles. The number of anilines is 1. The minimum atomic E-state index is -3.41. The maximum Gasteiger partial charge on any atom is 0.319 e. The molecular weight excluding hydrogens is 278 g/mol. The normalized spacial score (nSPS) is 11.4. The van der Waals surface area contributed by atoms with Crippen LogP contribution in [0, 0.1) is 6.92 Å². The van der Waals surface area contributed by atoms with E-state index in [4.69, 9.17) is 0 Å². The molecule has 106 valence electrons. The van der Waals surface area contributed by atoms with Gasteiger partial charge in [-0.15, -0.1) is 0 Å². The summed E-state index contributed by atoms with van der Waals surface area (Å²) < 4.78 is 46.7. The number of alkyl halides is 2. The van der Waals surface area contributed by atoms with Gasteiger partial charge in [-0.25, -0.2) is 22.0 Å². The molecule has 0 saturated heterocycles. The van der Waals surface area contributed by atoms with Crippen molar-refractivity contribution < 1.29 is 22.0 Å². The Bertz CT molecular complexity index is 573. The minimum Gasteiger partial charge on any atom is -0.332 e. The number of sulfone groups is 1. The van der Waals surface area contributed by atoms with Crippen molar-refractivity contribution in [2.75, 3.05) is 18.1 Å². The molecular formula is C11H14F2N2O3S. The molecule has 0 heterocycles. The van der Waals surface area contributed by atoms with Crippen molar-refractivity contribution in [2.24, 2.45) is 0 Å². The zero-order valence-corrected chi connectivity index (χ0v) is 11.2. The lowest BCUT2D eigenvalue weighted by Gasteiger charge is -2.10. The Kier molecular flexibility index (Phi) is 4.82. The van der Waals surface area contributed by atoms with Gasteiger partial charge in [-0.1, -0.05) is 6.07 Å². The van der Waals surface area contributed by atoms with E-state index in [1.807, 2.05) is 5.32 Å². The molecule has 1 rings (SSSR count). The molecule has 0 aliphatic rings. The third-order valence-corrected chi connectivity index (χ3v) is 3.50. The molecule has 5 nitrogen and oxygen atoms in total. The van der Waals surface area contributed by atoms with Crippen LogP contribution in [-0.4, -0.2) is 33.7 Å². The van der Waals surface area contributed by atoms with E-state index in [-0.39, 0.29) is 10.6 Å². The number of benzene rings is 1. The second kappa shape index (κ2) is 5.96. The molecule has 0 unspecified atom stereocenters. The van der Waals surface area contributed by atoms with Crippen molar-refractivity contribution in [2.45, 2.75) is 18.2 Å². The Labute approximate surface area is 109 Å². The first-order valence-corrected chi connectivity index (χ1v) is 7.23. The van der Waals surface area contributed by atoms with Crippen LogP contribution in [0.25, 0.3) is 0 Å². The van der Waals surface area contributed by atoms with Gasteiger partial charge < -0.3 is 10.6 Å². The number of hydrogen-bond donors (Lipinski definition) is 2. The van der Waals surface area contributed by atoms with Gasteiger partial charge in [-0.2, -0.15) is 0 Å². The van der Waals surface area contributed by atoms with Crippen LogP contribution in [0.1, 0.15) is 5.56 Å². The van der Waals surface area contributed by atoms with Crippen molar-refractivity contribution >= 4 is 21.6 Å². The highest BCUT2D eigenvalue weighted by Gasteiger charge is 2.13. The Hall–Kier alpha value is -1.70. The SMILES string of the molecule is Cc1ccc(NC(=O)NCC(F)F)cc1S(C)(=O)=O. The summed E-state index contributed by atoms with van der Waals surface area (Å²) in [4.78, 5) is 11.3. The maximum absolute atomic E-state index is 11.9. The highest BCUT2D eigenvalue weighted by Crippen LogP contribution is 2.19. The van der Waals surface area contributed by atoms with Crippen molar-refractivity contribution in [3.63, 3.8) is 0 Å². The number of amides is 2. The first-order chi connectivity index (χ1) is 8.70. The molecule has 0 atom stereocenters. The molecule has 2 amide bonds. The average Bonchev–Trinajstić information content (AvgIpc) is 2.27. The molecule has 0 spiro atoms. The van der Waals surface area contributed by atoms with Gasteiger partial charge in [-0.05, 0) is 24.6 Å². The maximum atomic E-state index is 11.9. The molecule has 0 saturated carbocycles.